The van der Waals surface area contributed by atoms with Crippen LogP contribution >= 0.6 is 0 Å². The number of anilines is 1. The number of carbonyl (C=O) groups excluding carboxylic acids is 3. The number of nitrogens with one attached hydrogen (secondary N) is 1. The highest BCUT2D eigenvalue weighted by Gasteiger charge is 2.35. The SMILES string of the molecule is COc1ccc(C2=CN3C(=O)c4cc(OC)c(OCCCOc5cc6c(cc5OC)C(=O)N5C=C(c7ccc(NC(C)=O)cc7)CC5C=N6)cc4N=C[C@@H]3C2)cc1. The van der Waals surface area contributed by atoms with Crippen LogP contribution in [-0.2, 0) is 4.79 Å². The number of fused-ring (bicyclic) bond motifs is 4. The van der Waals surface area contributed by atoms with E-state index in [1.54, 1.807) is 53.6 Å². The molecule has 0 saturated carbocycles. The number of carbonyl (C=O) groups is 3. The molecule has 4 heterocycles. The van der Waals surface area contributed by atoms with Crippen LogP contribution in [0, 0.1) is 0 Å². The van der Waals surface area contributed by atoms with Gasteiger partial charge in [0.15, 0.2) is 23.0 Å². The molecule has 13 heteroatoms. The van der Waals surface area contributed by atoms with Crippen LogP contribution in [0.5, 0.6) is 28.7 Å². The summed E-state index contributed by atoms with van der Waals surface area (Å²) in [7, 11) is 4.70. The molecule has 0 saturated heterocycles. The third-order valence-electron chi connectivity index (χ3n) is 10.3. The maximum atomic E-state index is 13.8. The second kappa shape index (κ2) is 15.7. The molecule has 0 bridgehead atoms. The Morgan fingerprint density at radius 1 is 0.667 bits per heavy atom. The normalized spacial score (nSPS) is 17.7. The minimum atomic E-state index is -0.247. The Morgan fingerprint density at radius 3 is 1.58 bits per heavy atom. The third-order valence-corrected chi connectivity index (χ3v) is 10.3. The lowest BCUT2D eigenvalue weighted by Crippen LogP contribution is -2.32. The van der Waals surface area contributed by atoms with Crippen LogP contribution in [-0.4, -0.2) is 86.6 Å². The number of rotatable bonds is 12. The summed E-state index contributed by atoms with van der Waals surface area (Å²) in [6, 6.07) is 21.7. The predicted molar refractivity (Wildman–Crippen MR) is 217 cm³/mol. The van der Waals surface area contributed by atoms with Crippen LogP contribution in [0.4, 0.5) is 17.1 Å². The van der Waals surface area contributed by atoms with Crippen molar-refractivity contribution >= 4 is 58.4 Å². The first-order chi connectivity index (χ1) is 27.7. The van der Waals surface area contributed by atoms with E-state index in [1.807, 2.05) is 60.9 Å². The highest BCUT2D eigenvalue weighted by atomic mass is 16.5. The van der Waals surface area contributed by atoms with Gasteiger partial charge < -0.3 is 38.8 Å². The van der Waals surface area contributed by atoms with Gasteiger partial charge >= 0.3 is 0 Å². The van der Waals surface area contributed by atoms with Crippen molar-refractivity contribution in [2.75, 3.05) is 39.9 Å². The van der Waals surface area contributed by atoms with Gasteiger partial charge in [-0.25, -0.2) is 0 Å². The van der Waals surface area contributed by atoms with Crippen LogP contribution in [0.25, 0.3) is 11.1 Å². The molecular formula is C44H41N5O8. The van der Waals surface area contributed by atoms with Gasteiger partial charge in [-0.1, -0.05) is 24.3 Å². The lowest BCUT2D eigenvalue weighted by Gasteiger charge is -2.19. The molecular weight excluding hydrogens is 727 g/mol. The van der Waals surface area contributed by atoms with Gasteiger partial charge in [0.25, 0.3) is 11.8 Å². The Labute approximate surface area is 329 Å². The molecule has 0 spiro atoms. The van der Waals surface area contributed by atoms with Gasteiger partial charge in [0.1, 0.15) is 5.75 Å². The fourth-order valence-corrected chi connectivity index (χ4v) is 7.34. The van der Waals surface area contributed by atoms with E-state index < -0.39 is 0 Å². The number of hydrogen-bond acceptors (Lipinski definition) is 10. The number of aliphatic imine (C=N–C) groups is 2. The molecule has 0 aromatic heterocycles. The van der Waals surface area contributed by atoms with Crippen molar-refractivity contribution in [2.45, 2.75) is 38.3 Å². The molecule has 290 valence electrons. The van der Waals surface area contributed by atoms with Crippen molar-refractivity contribution in [3.63, 3.8) is 0 Å². The number of benzene rings is 4. The number of nitrogens with zero attached hydrogens (tertiary/aromatic N) is 4. The standard InChI is InChI=1S/C44H41N5O8/c1-26(50)47-31-10-6-27(7-11-31)29-16-32-22-45-37-20-41(39(54-3)18-35(37)43(51)48(32)24-29)56-14-5-15-57-42-21-38-36(19-40(42)55-4)44(52)49-25-30(17-33(49)23-46-38)28-8-12-34(53-2)13-9-28/h6-13,18-25,32-33H,5,14-17H2,1-4H3,(H,47,50)/t32?,33-/m0/s1. The summed E-state index contributed by atoms with van der Waals surface area (Å²) in [4.78, 5) is 51.8. The maximum Gasteiger partial charge on any atom is 0.260 e. The smallest absolute Gasteiger partial charge is 0.260 e. The molecule has 4 aromatic carbocycles. The molecule has 0 aliphatic carbocycles. The fraction of sp³-hybridized carbons (Fsp3) is 0.250. The zero-order valence-corrected chi connectivity index (χ0v) is 32.0. The maximum absolute atomic E-state index is 13.8. The summed E-state index contributed by atoms with van der Waals surface area (Å²) >= 11 is 0. The molecule has 1 N–H and O–H groups in total. The van der Waals surface area contributed by atoms with Gasteiger partial charge in [0.05, 0.1) is 69.1 Å². The first kappa shape index (κ1) is 37.1. The molecule has 13 nitrogen and oxygen atoms in total. The Balaban J connectivity index is 0.899. The zero-order chi connectivity index (χ0) is 39.6. The Kier molecular flexibility index (Phi) is 10.2. The molecule has 4 aliphatic rings. The summed E-state index contributed by atoms with van der Waals surface area (Å²) in [6.45, 7) is 2.05. The van der Waals surface area contributed by atoms with Crippen molar-refractivity contribution in [1.82, 2.24) is 9.80 Å². The van der Waals surface area contributed by atoms with Gasteiger partial charge in [0.2, 0.25) is 5.91 Å². The Morgan fingerprint density at radius 2 is 1.14 bits per heavy atom. The molecule has 3 amide bonds. The van der Waals surface area contributed by atoms with Crippen molar-refractivity contribution in [1.29, 1.82) is 0 Å². The number of ether oxygens (including phenoxy) is 5. The van der Waals surface area contributed by atoms with E-state index in [1.165, 1.54) is 21.1 Å². The second-order valence-corrected chi connectivity index (χ2v) is 13.9. The van der Waals surface area contributed by atoms with E-state index in [4.69, 9.17) is 33.7 Å². The van der Waals surface area contributed by atoms with Crippen LogP contribution in [0.15, 0.2) is 95.2 Å². The Bertz CT molecular complexity index is 2370. The second-order valence-electron chi connectivity index (χ2n) is 13.9. The highest BCUT2D eigenvalue weighted by molar-refractivity contribution is 6.06. The van der Waals surface area contributed by atoms with Crippen molar-refractivity contribution in [2.24, 2.45) is 9.98 Å². The average Bonchev–Trinajstić information content (AvgIpc) is 3.80. The van der Waals surface area contributed by atoms with Crippen LogP contribution in [0.2, 0.25) is 0 Å². The number of methoxy groups -OCH3 is 3. The molecule has 0 fully saturated rings. The number of amides is 3. The van der Waals surface area contributed by atoms with Crippen molar-refractivity contribution in [3.8, 4) is 28.7 Å². The highest BCUT2D eigenvalue weighted by Crippen LogP contribution is 2.42. The monoisotopic (exact) mass is 767 g/mol. The number of hydrogen-bond donors (Lipinski definition) is 1. The fourth-order valence-electron chi connectivity index (χ4n) is 7.34. The lowest BCUT2D eigenvalue weighted by molar-refractivity contribution is -0.114. The molecule has 2 atom stereocenters. The van der Waals surface area contributed by atoms with Crippen molar-refractivity contribution in [3.05, 3.63) is 107 Å². The van der Waals surface area contributed by atoms with E-state index in [9.17, 15) is 14.4 Å². The largest absolute Gasteiger partial charge is 0.497 e. The van der Waals surface area contributed by atoms with E-state index in [0.29, 0.717) is 77.1 Å². The van der Waals surface area contributed by atoms with Crippen molar-refractivity contribution < 1.29 is 38.1 Å². The summed E-state index contributed by atoms with van der Waals surface area (Å²) in [5, 5.41) is 2.77. The van der Waals surface area contributed by atoms with Gasteiger partial charge in [0, 0.05) is 68.8 Å². The Hall–Kier alpha value is -6.89. The van der Waals surface area contributed by atoms with E-state index in [0.717, 1.165) is 28.0 Å². The predicted octanol–water partition coefficient (Wildman–Crippen LogP) is 7.46. The summed E-state index contributed by atoms with van der Waals surface area (Å²) in [5.41, 5.74) is 6.58. The summed E-state index contributed by atoms with van der Waals surface area (Å²) < 4.78 is 28.8. The average molecular weight is 768 g/mol. The summed E-state index contributed by atoms with van der Waals surface area (Å²) in [6.07, 6.45) is 9.10. The molecule has 8 rings (SSSR count). The first-order valence-electron chi connectivity index (χ1n) is 18.6. The minimum absolute atomic E-state index is 0.136. The summed E-state index contributed by atoms with van der Waals surface area (Å²) in [5.74, 6) is 2.04. The van der Waals surface area contributed by atoms with Crippen LogP contribution < -0.4 is 29.0 Å². The van der Waals surface area contributed by atoms with Gasteiger partial charge in [-0.3, -0.25) is 24.4 Å². The van der Waals surface area contributed by atoms with Gasteiger partial charge in [-0.2, -0.15) is 0 Å². The van der Waals surface area contributed by atoms with Gasteiger partial charge in [-0.15, -0.1) is 0 Å². The van der Waals surface area contributed by atoms with Crippen LogP contribution in [0.1, 0.15) is 58.0 Å². The lowest BCUT2D eigenvalue weighted by atomic mass is 10.0. The third kappa shape index (κ3) is 7.43. The van der Waals surface area contributed by atoms with E-state index in [2.05, 4.69) is 5.32 Å². The van der Waals surface area contributed by atoms with Crippen LogP contribution in [0.3, 0.4) is 0 Å². The van der Waals surface area contributed by atoms with Gasteiger partial charge in [-0.05, 0) is 58.7 Å². The molecule has 1 unspecified atom stereocenters. The molecule has 4 aromatic rings. The first-order valence-corrected chi connectivity index (χ1v) is 18.6. The molecule has 0 radical (unpaired) electrons. The van der Waals surface area contributed by atoms with E-state index >= 15 is 0 Å². The molecule has 4 aliphatic heterocycles. The quantitative estimate of drug-likeness (QED) is 0.147. The van der Waals surface area contributed by atoms with E-state index in [-0.39, 0.29) is 36.4 Å². The zero-order valence-electron chi connectivity index (χ0n) is 32.0. The topological polar surface area (TPSA) is 141 Å². The minimum Gasteiger partial charge on any atom is -0.497 e. The molecule has 57 heavy (non-hydrogen) atoms.